The lowest BCUT2D eigenvalue weighted by Gasteiger charge is -2.08. The largest absolute Gasteiger partial charge is 0.117 e. The van der Waals surface area contributed by atoms with E-state index in [-0.39, 0.29) is 5.38 Å². The van der Waals surface area contributed by atoms with Gasteiger partial charge in [0.25, 0.3) is 0 Å². The fourth-order valence-corrected chi connectivity index (χ4v) is 1.95. The van der Waals surface area contributed by atoms with E-state index in [1.165, 1.54) is 10.8 Å². The number of benzene rings is 2. The molecule has 0 saturated carbocycles. The van der Waals surface area contributed by atoms with Gasteiger partial charge in [0.1, 0.15) is 0 Å². The summed E-state index contributed by atoms with van der Waals surface area (Å²) in [4.78, 5) is 0. The Morgan fingerprint density at radius 1 is 1.13 bits per heavy atom. The van der Waals surface area contributed by atoms with Crippen molar-refractivity contribution < 1.29 is 0 Å². The van der Waals surface area contributed by atoms with E-state index in [0.29, 0.717) is 0 Å². The fourth-order valence-electron chi connectivity index (χ4n) is 1.69. The zero-order valence-electron chi connectivity index (χ0n) is 8.49. The second-order valence-corrected chi connectivity index (χ2v) is 4.13. The number of allylic oxidation sites excluding steroid dienone is 1. The highest BCUT2D eigenvalue weighted by Crippen LogP contribution is 2.27. The molecule has 0 nitrogen and oxygen atoms in total. The summed E-state index contributed by atoms with van der Waals surface area (Å²) in [7, 11) is 0. The highest BCUT2D eigenvalue weighted by molar-refractivity contribution is 6.21. The molecule has 0 fully saturated rings. The molecule has 0 spiro atoms. The van der Waals surface area contributed by atoms with E-state index < -0.39 is 0 Å². The minimum absolute atomic E-state index is 0.0344. The van der Waals surface area contributed by atoms with Gasteiger partial charge in [0.2, 0.25) is 0 Å². The predicted molar refractivity (Wildman–Crippen MR) is 67.4 cm³/mol. The van der Waals surface area contributed by atoms with Gasteiger partial charge in [-0.1, -0.05) is 42.5 Å². The van der Waals surface area contributed by atoms with E-state index in [9.17, 15) is 0 Å². The van der Waals surface area contributed by atoms with Gasteiger partial charge in [-0.25, -0.2) is 0 Å². The number of alkyl halides is 1. The summed E-state index contributed by atoms with van der Waals surface area (Å²) in [6.45, 7) is 3.70. The van der Waals surface area contributed by atoms with Gasteiger partial charge in [-0.2, -0.15) is 0 Å². The van der Waals surface area contributed by atoms with Gasteiger partial charge in [0, 0.05) is 0 Å². The Morgan fingerprint density at radius 2 is 1.87 bits per heavy atom. The summed E-state index contributed by atoms with van der Waals surface area (Å²) < 4.78 is 0. The van der Waals surface area contributed by atoms with Crippen LogP contribution >= 0.6 is 11.6 Å². The SMILES string of the molecule is C=CCC(Cl)c1ccc2ccccc2c1. The van der Waals surface area contributed by atoms with Crippen LogP contribution in [0.3, 0.4) is 0 Å². The van der Waals surface area contributed by atoms with Gasteiger partial charge in [0.05, 0.1) is 5.38 Å². The molecule has 0 radical (unpaired) electrons. The molecule has 2 rings (SSSR count). The van der Waals surface area contributed by atoms with Crippen molar-refractivity contribution in [3.8, 4) is 0 Å². The smallest absolute Gasteiger partial charge is 0.0619 e. The maximum Gasteiger partial charge on any atom is 0.0619 e. The van der Waals surface area contributed by atoms with E-state index in [2.05, 4.69) is 36.9 Å². The molecule has 0 aromatic heterocycles. The van der Waals surface area contributed by atoms with Crippen LogP contribution in [0.15, 0.2) is 55.1 Å². The van der Waals surface area contributed by atoms with Crippen LogP contribution in [-0.2, 0) is 0 Å². The van der Waals surface area contributed by atoms with Crippen molar-refractivity contribution in [3.63, 3.8) is 0 Å². The second-order valence-electron chi connectivity index (χ2n) is 3.60. The summed E-state index contributed by atoms with van der Waals surface area (Å²) in [6.07, 6.45) is 2.66. The van der Waals surface area contributed by atoms with Gasteiger partial charge < -0.3 is 0 Å². The normalized spacial score (nSPS) is 12.6. The lowest BCUT2D eigenvalue weighted by atomic mass is 10.0. The molecule has 1 atom stereocenters. The molecule has 0 aliphatic rings. The second kappa shape index (κ2) is 4.50. The van der Waals surface area contributed by atoms with E-state index in [1.54, 1.807) is 0 Å². The monoisotopic (exact) mass is 216 g/mol. The third kappa shape index (κ3) is 2.21. The third-order valence-corrected chi connectivity index (χ3v) is 2.94. The van der Waals surface area contributed by atoms with Crippen molar-refractivity contribution in [1.29, 1.82) is 0 Å². The first-order chi connectivity index (χ1) is 7.31. The quantitative estimate of drug-likeness (QED) is 0.516. The lowest BCUT2D eigenvalue weighted by Crippen LogP contribution is -1.88. The summed E-state index contributed by atoms with van der Waals surface area (Å²) in [5.74, 6) is 0. The molecule has 2 aromatic rings. The van der Waals surface area contributed by atoms with Crippen molar-refractivity contribution >= 4 is 22.4 Å². The lowest BCUT2D eigenvalue weighted by molar-refractivity contribution is 0.961. The molecule has 0 amide bonds. The maximum atomic E-state index is 6.24. The summed E-state index contributed by atoms with van der Waals surface area (Å²) in [5.41, 5.74) is 1.16. The van der Waals surface area contributed by atoms with Gasteiger partial charge in [-0.15, -0.1) is 18.2 Å². The van der Waals surface area contributed by atoms with Crippen molar-refractivity contribution in [3.05, 3.63) is 60.7 Å². The minimum atomic E-state index is 0.0344. The molecule has 76 valence electrons. The zero-order valence-corrected chi connectivity index (χ0v) is 9.24. The van der Waals surface area contributed by atoms with E-state index in [0.717, 1.165) is 12.0 Å². The van der Waals surface area contributed by atoms with E-state index >= 15 is 0 Å². The Labute approximate surface area is 95.2 Å². The average Bonchev–Trinajstić information content (AvgIpc) is 2.29. The Kier molecular flexibility index (Phi) is 3.08. The van der Waals surface area contributed by atoms with Crippen LogP contribution in [0.2, 0.25) is 0 Å². The first-order valence-corrected chi connectivity index (χ1v) is 5.48. The maximum absolute atomic E-state index is 6.24. The molecule has 2 aromatic carbocycles. The molecular formula is C14H13Cl. The van der Waals surface area contributed by atoms with Gasteiger partial charge >= 0.3 is 0 Å². The first kappa shape index (κ1) is 10.3. The van der Waals surface area contributed by atoms with Crippen molar-refractivity contribution in [2.45, 2.75) is 11.8 Å². The molecule has 1 unspecified atom stereocenters. The summed E-state index contributed by atoms with van der Waals surface area (Å²) in [5, 5.41) is 2.53. The fraction of sp³-hybridized carbons (Fsp3) is 0.143. The van der Waals surface area contributed by atoms with Crippen molar-refractivity contribution in [2.75, 3.05) is 0 Å². The van der Waals surface area contributed by atoms with Crippen LogP contribution in [0.5, 0.6) is 0 Å². The molecule has 0 bridgehead atoms. The van der Waals surface area contributed by atoms with Gasteiger partial charge in [0.15, 0.2) is 0 Å². The van der Waals surface area contributed by atoms with Crippen LogP contribution in [0.25, 0.3) is 10.8 Å². The van der Waals surface area contributed by atoms with Crippen LogP contribution in [0, 0.1) is 0 Å². The molecule has 1 heteroatoms. The van der Waals surface area contributed by atoms with Crippen molar-refractivity contribution in [2.24, 2.45) is 0 Å². The average molecular weight is 217 g/mol. The number of fused-ring (bicyclic) bond motifs is 1. The molecule has 0 aliphatic carbocycles. The highest BCUT2D eigenvalue weighted by Gasteiger charge is 2.05. The standard InChI is InChI=1S/C14H13Cl/c1-2-5-14(15)13-9-8-11-6-3-4-7-12(11)10-13/h2-4,6-10,14H,1,5H2. The van der Waals surface area contributed by atoms with Crippen molar-refractivity contribution in [1.82, 2.24) is 0 Å². The number of hydrogen-bond acceptors (Lipinski definition) is 0. The van der Waals surface area contributed by atoms with Crippen LogP contribution in [0.1, 0.15) is 17.4 Å². The Morgan fingerprint density at radius 3 is 2.60 bits per heavy atom. The predicted octanol–water partition coefficient (Wildman–Crippen LogP) is 4.70. The molecule has 0 saturated heterocycles. The number of rotatable bonds is 3. The third-order valence-electron chi connectivity index (χ3n) is 2.51. The van der Waals surface area contributed by atoms with Gasteiger partial charge in [-0.05, 0) is 28.8 Å². The number of halogens is 1. The summed E-state index contributed by atoms with van der Waals surface area (Å²) >= 11 is 6.24. The Balaban J connectivity index is 2.42. The Hall–Kier alpha value is -1.27. The molecule has 15 heavy (non-hydrogen) atoms. The number of hydrogen-bond donors (Lipinski definition) is 0. The van der Waals surface area contributed by atoms with E-state index in [4.69, 9.17) is 11.6 Å². The Bertz CT molecular complexity index is 473. The van der Waals surface area contributed by atoms with Crippen LogP contribution < -0.4 is 0 Å². The topological polar surface area (TPSA) is 0 Å². The first-order valence-electron chi connectivity index (χ1n) is 5.05. The van der Waals surface area contributed by atoms with Gasteiger partial charge in [-0.3, -0.25) is 0 Å². The zero-order chi connectivity index (χ0) is 10.7. The molecule has 0 N–H and O–H groups in total. The molecule has 0 heterocycles. The summed E-state index contributed by atoms with van der Waals surface area (Å²) in [6, 6.07) is 14.7. The van der Waals surface area contributed by atoms with Crippen LogP contribution in [-0.4, -0.2) is 0 Å². The van der Waals surface area contributed by atoms with Crippen LogP contribution in [0.4, 0.5) is 0 Å². The molecule has 0 aliphatic heterocycles. The molecular weight excluding hydrogens is 204 g/mol. The minimum Gasteiger partial charge on any atom is -0.117 e. The van der Waals surface area contributed by atoms with E-state index in [1.807, 2.05) is 18.2 Å². The highest BCUT2D eigenvalue weighted by atomic mass is 35.5.